The second kappa shape index (κ2) is 8.42. The molecule has 7 heteroatoms. The number of anilines is 1. The van der Waals surface area contributed by atoms with E-state index in [0.29, 0.717) is 26.2 Å². The van der Waals surface area contributed by atoms with Gasteiger partial charge in [-0.3, -0.25) is 9.59 Å². The molecule has 1 aromatic heterocycles. The first-order valence-electron chi connectivity index (χ1n) is 8.66. The summed E-state index contributed by atoms with van der Waals surface area (Å²) in [5, 5.41) is 8.64. The van der Waals surface area contributed by atoms with Gasteiger partial charge in [-0.25, -0.2) is 0 Å². The molecular weight excluding hydrogens is 332 g/mol. The number of nitrogens with zero attached hydrogens (tertiary/aromatic N) is 4. The molecule has 26 heavy (non-hydrogen) atoms. The van der Waals surface area contributed by atoms with Gasteiger partial charge in [-0.1, -0.05) is 30.3 Å². The number of amides is 1. The molecule has 1 aliphatic rings. The maximum Gasteiger partial charge on any atom is 0.306 e. The summed E-state index contributed by atoms with van der Waals surface area (Å²) in [4.78, 5) is 27.2. The van der Waals surface area contributed by atoms with E-state index < -0.39 is 0 Å². The summed E-state index contributed by atoms with van der Waals surface area (Å²) in [5.74, 6) is 0.442. The Hall–Kier alpha value is -2.96. The lowest BCUT2D eigenvalue weighted by Crippen LogP contribution is -2.49. The molecular formula is C19H22N4O3. The lowest BCUT2D eigenvalue weighted by Gasteiger charge is -2.35. The zero-order chi connectivity index (χ0) is 18.4. The molecule has 0 radical (unpaired) electrons. The maximum absolute atomic E-state index is 12.1. The largest absolute Gasteiger partial charge is 0.469 e. The summed E-state index contributed by atoms with van der Waals surface area (Å²) >= 11 is 0. The maximum atomic E-state index is 12.1. The molecule has 1 aromatic carbocycles. The summed E-state index contributed by atoms with van der Waals surface area (Å²) in [7, 11) is 1.33. The Morgan fingerprint density at radius 3 is 2.31 bits per heavy atom. The van der Waals surface area contributed by atoms with Gasteiger partial charge in [0.05, 0.1) is 19.2 Å². The van der Waals surface area contributed by atoms with Crippen molar-refractivity contribution in [3.8, 4) is 11.3 Å². The van der Waals surface area contributed by atoms with Crippen LogP contribution in [-0.4, -0.2) is 60.3 Å². The van der Waals surface area contributed by atoms with Crippen LogP contribution >= 0.6 is 0 Å². The van der Waals surface area contributed by atoms with Crippen molar-refractivity contribution in [3.05, 3.63) is 42.5 Å². The van der Waals surface area contributed by atoms with Gasteiger partial charge in [0.25, 0.3) is 0 Å². The van der Waals surface area contributed by atoms with E-state index in [2.05, 4.69) is 19.8 Å². The molecule has 1 saturated heterocycles. The molecule has 3 rings (SSSR count). The number of esters is 1. The number of benzene rings is 1. The zero-order valence-electron chi connectivity index (χ0n) is 14.8. The van der Waals surface area contributed by atoms with Gasteiger partial charge in [-0.05, 0) is 12.1 Å². The number of carbonyl (C=O) groups excluding carboxylic acids is 2. The predicted octanol–water partition coefficient (Wildman–Crippen LogP) is 1.75. The summed E-state index contributed by atoms with van der Waals surface area (Å²) in [6.07, 6.45) is 0.320. The van der Waals surface area contributed by atoms with Crippen molar-refractivity contribution in [1.29, 1.82) is 0 Å². The van der Waals surface area contributed by atoms with E-state index in [1.807, 2.05) is 42.5 Å². The van der Waals surface area contributed by atoms with Crippen molar-refractivity contribution < 1.29 is 14.3 Å². The van der Waals surface area contributed by atoms with Gasteiger partial charge >= 0.3 is 5.97 Å². The minimum Gasteiger partial charge on any atom is -0.469 e. The molecule has 0 unspecified atom stereocenters. The molecule has 1 aliphatic heterocycles. The average Bonchev–Trinajstić information content (AvgIpc) is 2.72. The number of carbonyl (C=O) groups is 2. The van der Waals surface area contributed by atoms with Gasteiger partial charge < -0.3 is 14.5 Å². The van der Waals surface area contributed by atoms with Crippen LogP contribution in [-0.2, 0) is 14.3 Å². The highest BCUT2D eigenvalue weighted by Gasteiger charge is 2.22. The molecule has 7 nitrogen and oxygen atoms in total. The van der Waals surface area contributed by atoms with Gasteiger partial charge in [0, 0.05) is 38.2 Å². The molecule has 0 atom stereocenters. The molecule has 2 heterocycles. The number of ether oxygens (including phenoxy) is 1. The fourth-order valence-electron chi connectivity index (χ4n) is 2.91. The van der Waals surface area contributed by atoms with Gasteiger partial charge in [0.15, 0.2) is 5.82 Å². The van der Waals surface area contributed by atoms with Crippen molar-refractivity contribution in [2.24, 2.45) is 0 Å². The van der Waals surface area contributed by atoms with E-state index in [1.165, 1.54) is 7.11 Å². The molecule has 0 bridgehead atoms. The van der Waals surface area contributed by atoms with Crippen LogP contribution in [0.4, 0.5) is 5.82 Å². The smallest absolute Gasteiger partial charge is 0.306 e. The number of rotatable bonds is 5. The Bertz CT molecular complexity index is 741. The normalized spacial score (nSPS) is 14.2. The Morgan fingerprint density at radius 1 is 0.962 bits per heavy atom. The van der Waals surface area contributed by atoms with Crippen LogP contribution in [0.25, 0.3) is 11.3 Å². The molecule has 2 aromatic rings. The third-order valence-corrected chi connectivity index (χ3v) is 4.45. The minimum atomic E-state index is -0.356. The van der Waals surface area contributed by atoms with Gasteiger partial charge in [-0.15, -0.1) is 10.2 Å². The lowest BCUT2D eigenvalue weighted by atomic mass is 10.1. The van der Waals surface area contributed by atoms with Crippen molar-refractivity contribution in [3.63, 3.8) is 0 Å². The molecule has 0 aliphatic carbocycles. The van der Waals surface area contributed by atoms with Crippen LogP contribution in [0.15, 0.2) is 42.5 Å². The Balaban J connectivity index is 1.53. The Labute approximate surface area is 152 Å². The van der Waals surface area contributed by atoms with E-state index in [-0.39, 0.29) is 24.7 Å². The number of aromatic nitrogens is 2. The molecule has 1 fully saturated rings. The SMILES string of the molecule is COC(=O)CCC(=O)N1CCN(c2ccc(-c3ccccc3)nn2)CC1. The topological polar surface area (TPSA) is 75.6 Å². The molecule has 0 spiro atoms. The quantitative estimate of drug-likeness (QED) is 0.762. The first-order chi connectivity index (χ1) is 12.7. The molecule has 1 amide bonds. The van der Waals surface area contributed by atoms with Crippen molar-refractivity contribution >= 4 is 17.7 Å². The lowest BCUT2D eigenvalue weighted by molar-refractivity contribution is -0.143. The summed E-state index contributed by atoms with van der Waals surface area (Å²) in [5.41, 5.74) is 1.87. The summed E-state index contributed by atoms with van der Waals surface area (Å²) < 4.78 is 4.57. The van der Waals surface area contributed by atoms with Crippen LogP contribution in [0, 0.1) is 0 Å². The third kappa shape index (κ3) is 4.36. The van der Waals surface area contributed by atoms with Crippen LogP contribution in [0.5, 0.6) is 0 Å². The monoisotopic (exact) mass is 354 g/mol. The van der Waals surface area contributed by atoms with Crippen molar-refractivity contribution in [1.82, 2.24) is 15.1 Å². The fraction of sp³-hybridized carbons (Fsp3) is 0.368. The van der Waals surface area contributed by atoms with E-state index >= 15 is 0 Å². The van der Waals surface area contributed by atoms with E-state index in [0.717, 1.165) is 17.1 Å². The molecule has 136 valence electrons. The second-order valence-electron chi connectivity index (χ2n) is 6.09. The van der Waals surface area contributed by atoms with Crippen LogP contribution in [0.1, 0.15) is 12.8 Å². The van der Waals surface area contributed by atoms with Gasteiger partial charge in [-0.2, -0.15) is 0 Å². The number of methoxy groups -OCH3 is 1. The van der Waals surface area contributed by atoms with Crippen LogP contribution < -0.4 is 4.90 Å². The van der Waals surface area contributed by atoms with Gasteiger partial charge in [0.2, 0.25) is 5.91 Å². The zero-order valence-corrected chi connectivity index (χ0v) is 14.8. The minimum absolute atomic E-state index is 0.0134. The standard InChI is InChI=1S/C19H22N4O3/c1-26-19(25)10-9-18(24)23-13-11-22(12-14-23)17-8-7-16(20-21-17)15-5-3-2-4-6-15/h2-8H,9-14H2,1H3. The van der Waals surface area contributed by atoms with E-state index in [9.17, 15) is 9.59 Å². The van der Waals surface area contributed by atoms with E-state index in [4.69, 9.17) is 0 Å². The Kier molecular flexibility index (Phi) is 5.78. The van der Waals surface area contributed by atoms with Crippen LogP contribution in [0.2, 0.25) is 0 Å². The second-order valence-corrected chi connectivity index (χ2v) is 6.09. The summed E-state index contributed by atoms with van der Waals surface area (Å²) in [6, 6.07) is 13.8. The van der Waals surface area contributed by atoms with Crippen molar-refractivity contribution in [2.75, 3.05) is 38.2 Å². The Morgan fingerprint density at radius 2 is 1.69 bits per heavy atom. The number of hydrogen-bond donors (Lipinski definition) is 0. The summed E-state index contributed by atoms with van der Waals surface area (Å²) in [6.45, 7) is 2.62. The fourth-order valence-corrected chi connectivity index (χ4v) is 2.91. The number of piperazine rings is 1. The highest BCUT2D eigenvalue weighted by molar-refractivity contribution is 5.81. The molecule has 0 saturated carbocycles. The highest BCUT2D eigenvalue weighted by atomic mass is 16.5. The molecule has 0 N–H and O–H groups in total. The van der Waals surface area contributed by atoms with Crippen molar-refractivity contribution in [2.45, 2.75) is 12.8 Å². The first-order valence-corrected chi connectivity index (χ1v) is 8.66. The average molecular weight is 354 g/mol. The number of hydrogen-bond acceptors (Lipinski definition) is 6. The van der Waals surface area contributed by atoms with E-state index in [1.54, 1.807) is 4.90 Å². The third-order valence-electron chi connectivity index (χ3n) is 4.45. The van der Waals surface area contributed by atoms with Crippen LogP contribution in [0.3, 0.4) is 0 Å². The highest BCUT2D eigenvalue weighted by Crippen LogP contribution is 2.19. The first kappa shape index (κ1) is 17.8. The van der Waals surface area contributed by atoms with Gasteiger partial charge in [0.1, 0.15) is 0 Å². The predicted molar refractivity (Wildman–Crippen MR) is 97.5 cm³/mol.